The minimum Gasteiger partial charge on any atom is -0.338 e. The number of carbonyl (C=O) groups excluding carboxylic acids is 1. The first-order chi connectivity index (χ1) is 8.61. The first-order valence-electron chi connectivity index (χ1n) is 6.06. The maximum atomic E-state index is 11.9. The second-order valence-corrected chi connectivity index (χ2v) is 5.33. The summed E-state index contributed by atoms with van der Waals surface area (Å²) in [5, 5.41) is 1.30. The van der Waals surface area contributed by atoms with Gasteiger partial charge in [-0.2, -0.15) is 0 Å². The zero-order valence-corrected chi connectivity index (χ0v) is 11.6. The van der Waals surface area contributed by atoms with Gasteiger partial charge in [-0.3, -0.25) is 4.79 Å². The second-order valence-electron chi connectivity index (χ2n) is 4.48. The molecule has 0 saturated heterocycles. The molecule has 1 aliphatic rings. The van der Waals surface area contributed by atoms with Crippen LogP contribution in [0.5, 0.6) is 0 Å². The van der Waals surface area contributed by atoms with Gasteiger partial charge in [-0.25, -0.2) is 0 Å². The van der Waals surface area contributed by atoms with Crippen LogP contribution in [0.25, 0.3) is 0 Å². The first kappa shape index (κ1) is 13.7. The van der Waals surface area contributed by atoms with Crippen LogP contribution in [-0.2, 0) is 17.8 Å². The summed E-state index contributed by atoms with van der Waals surface area (Å²) in [7, 11) is 0. The van der Waals surface area contributed by atoms with E-state index in [-0.39, 0.29) is 5.91 Å². The van der Waals surface area contributed by atoms with Gasteiger partial charge in [-0.15, -0.1) is 0 Å². The first-order valence-corrected chi connectivity index (χ1v) is 6.82. The van der Waals surface area contributed by atoms with Gasteiger partial charge in [-0.1, -0.05) is 23.2 Å². The van der Waals surface area contributed by atoms with E-state index in [0.717, 1.165) is 30.5 Å². The molecule has 5 heteroatoms. The van der Waals surface area contributed by atoms with Crippen LogP contribution in [0.1, 0.15) is 24.0 Å². The maximum Gasteiger partial charge on any atom is 0.222 e. The lowest BCUT2D eigenvalue weighted by atomic mass is 9.99. The third kappa shape index (κ3) is 2.97. The molecule has 3 nitrogen and oxygen atoms in total. The molecule has 1 aromatic rings. The van der Waals surface area contributed by atoms with Crippen molar-refractivity contribution in [2.75, 3.05) is 13.1 Å². The Labute approximate surface area is 117 Å². The summed E-state index contributed by atoms with van der Waals surface area (Å²) < 4.78 is 0. The van der Waals surface area contributed by atoms with Crippen LogP contribution >= 0.6 is 23.2 Å². The van der Waals surface area contributed by atoms with Crippen LogP contribution in [0.2, 0.25) is 10.0 Å². The van der Waals surface area contributed by atoms with Gasteiger partial charge in [0.05, 0.1) is 0 Å². The number of benzene rings is 1. The largest absolute Gasteiger partial charge is 0.338 e. The zero-order chi connectivity index (χ0) is 13.1. The van der Waals surface area contributed by atoms with Gasteiger partial charge in [0.25, 0.3) is 0 Å². The second kappa shape index (κ2) is 5.91. The summed E-state index contributed by atoms with van der Waals surface area (Å²) in [4.78, 5) is 13.8. The van der Waals surface area contributed by atoms with E-state index in [4.69, 9.17) is 28.9 Å². The molecule has 0 atom stereocenters. The SMILES string of the molecule is NCCCC(=O)N1CCc2cc(Cl)cc(Cl)c2C1. The molecule has 0 radical (unpaired) electrons. The van der Waals surface area contributed by atoms with E-state index in [1.165, 1.54) is 0 Å². The quantitative estimate of drug-likeness (QED) is 0.929. The molecule has 1 aliphatic heterocycles. The molecule has 0 spiro atoms. The Morgan fingerprint density at radius 1 is 1.39 bits per heavy atom. The van der Waals surface area contributed by atoms with Gasteiger partial charge in [-0.05, 0) is 42.6 Å². The van der Waals surface area contributed by atoms with E-state index in [0.29, 0.717) is 29.6 Å². The third-order valence-electron chi connectivity index (χ3n) is 3.20. The van der Waals surface area contributed by atoms with Crippen molar-refractivity contribution < 1.29 is 4.79 Å². The Morgan fingerprint density at radius 3 is 2.89 bits per heavy atom. The van der Waals surface area contributed by atoms with Gasteiger partial charge in [0.15, 0.2) is 0 Å². The molecule has 18 heavy (non-hydrogen) atoms. The van der Waals surface area contributed by atoms with E-state index < -0.39 is 0 Å². The van der Waals surface area contributed by atoms with Crippen LogP contribution < -0.4 is 5.73 Å². The molecule has 0 fully saturated rings. The Balaban J connectivity index is 2.12. The molecule has 1 amide bonds. The summed E-state index contributed by atoms with van der Waals surface area (Å²) in [5.74, 6) is 0.150. The number of nitrogens with zero attached hydrogens (tertiary/aromatic N) is 1. The lowest BCUT2D eigenvalue weighted by molar-refractivity contribution is -0.132. The van der Waals surface area contributed by atoms with Gasteiger partial charge < -0.3 is 10.6 Å². The fourth-order valence-corrected chi connectivity index (χ4v) is 2.80. The summed E-state index contributed by atoms with van der Waals surface area (Å²) in [6.07, 6.45) is 2.05. The number of amides is 1. The summed E-state index contributed by atoms with van der Waals surface area (Å²) >= 11 is 12.1. The van der Waals surface area contributed by atoms with Crippen molar-refractivity contribution in [2.45, 2.75) is 25.8 Å². The van der Waals surface area contributed by atoms with Crippen molar-refractivity contribution in [1.29, 1.82) is 0 Å². The molecule has 2 N–H and O–H groups in total. The highest BCUT2D eigenvalue weighted by molar-refractivity contribution is 6.35. The van der Waals surface area contributed by atoms with E-state index in [9.17, 15) is 4.79 Å². The summed E-state index contributed by atoms with van der Waals surface area (Å²) in [6.45, 7) is 1.86. The number of nitrogens with two attached hydrogens (primary N) is 1. The van der Waals surface area contributed by atoms with Crippen molar-refractivity contribution in [3.8, 4) is 0 Å². The van der Waals surface area contributed by atoms with Crippen LogP contribution in [0, 0.1) is 0 Å². The Morgan fingerprint density at radius 2 is 2.17 bits per heavy atom. The molecule has 0 aromatic heterocycles. The lowest BCUT2D eigenvalue weighted by Gasteiger charge is -2.29. The Kier molecular flexibility index (Phi) is 4.49. The average Bonchev–Trinajstić information content (AvgIpc) is 2.35. The van der Waals surface area contributed by atoms with Gasteiger partial charge in [0, 0.05) is 29.6 Å². The lowest BCUT2D eigenvalue weighted by Crippen LogP contribution is -2.36. The molecular weight excluding hydrogens is 271 g/mol. The van der Waals surface area contributed by atoms with Crippen molar-refractivity contribution in [3.63, 3.8) is 0 Å². The molecule has 0 unspecified atom stereocenters. The molecule has 0 saturated carbocycles. The number of rotatable bonds is 3. The highest BCUT2D eigenvalue weighted by Crippen LogP contribution is 2.30. The van der Waals surface area contributed by atoms with E-state index in [1.807, 2.05) is 11.0 Å². The maximum absolute atomic E-state index is 11.9. The van der Waals surface area contributed by atoms with Crippen LogP contribution in [-0.4, -0.2) is 23.9 Å². The number of fused-ring (bicyclic) bond motifs is 1. The van der Waals surface area contributed by atoms with Crippen LogP contribution in [0.3, 0.4) is 0 Å². The van der Waals surface area contributed by atoms with Crippen LogP contribution in [0.15, 0.2) is 12.1 Å². The normalized spacial score (nSPS) is 14.5. The summed E-state index contributed by atoms with van der Waals surface area (Å²) in [6, 6.07) is 3.67. The van der Waals surface area contributed by atoms with Crippen molar-refractivity contribution in [2.24, 2.45) is 5.73 Å². The van der Waals surface area contributed by atoms with Crippen molar-refractivity contribution in [1.82, 2.24) is 4.90 Å². The molecule has 1 heterocycles. The number of hydrogen-bond donors (Lipinski definition) is 1. The van der Waals surface area contributed by atoms with E-state index >= 15 is 0 Å². The van der Waals surface area contributed by atoms with E-state index in [1.54, 1.807) is 6.07 Å². The molecule has 98 valence electrons. The molecule has 1 aromatic carbocycles. The van der Waals surface area contributed by atoms with Gasteiger partial charge in [0.2, 0.25) is 5.91 Å². The predicted octanol–water partition coefficient (Wildman–Crippen LogP) is 2.62. The zero-order valence-electron chi connectivity index (χ0n) is 10.1. The Hall–Kier alpha value is -0.770. The third-order valence-corrected chi connectivity index (χ3v) is 3.76. The fraction of sp³-hybridized carbons (Fsp3) is 0.462. The average molecular weight is 287 g/mol. The fourth-order valence-electron chi connectivity index (χ4n) is 2.21. The standard InChI is InChI=1S/C13H16Cl2N2O/c14-10-6-9-3-5-17(13(18)2-1-4-16)8-11(9)12(15)7-10/h6-7H,1-5,8,16H2. The van der Waals surface area contributed by atoms with E-state index in [2.05, 4.69) is 0 Å². The van der Waals surface area contributed by atoms with Gasteiger partial charge >= 0.3 is 0 Å². The number of hydrogen-bond acceptors (Lipinski definition) is 2. The molecule has 0 aliphatic carbocycles. The molecular formula is C13H16Cl2N2O. The highest BCUT2D eigenvalue weighted by atomic mass is 35.5. The molecule has 2 rings (SSSR count). The van der Waals surface area contributed by atoms with Crippen molar-refractivity contribution in [3.05, 3.63) is 33.3 Å². The number of carbonyl (C=O) groups is 1. The minimum absolute atomic E-state index is 0.150. The van der Waals surface area contributed by atoms with Gasteiger partial charge in [0.1, 0.15) is 0 Å². The smallest absolute Gasteiger partial charge is 0.222 e. The van der Waals surface area contributed by atoms with Crippen LogP contribution in [0.4, 0.5) is 0 Å². The predicted molar refractivity (Wildman–Crippen MR) is 73.9 cm³/mol. The summed E-state index contributed by atoms with van der Waals surface area (Å²) in [5.41, 5.74) is 7.59. The Bertz CT molecular complexity index is 463. The van der Waals surface area contributed by atoms with Crippen molar-refractivity contribution >= 4 is 29.1 Å². The highest BCUT2D eigenvalue weighted by Gasteiger charge is 2.22. The molecule has 0 bridgehead atoms. The minimum atomic E-state index is 0.150. The topological polar surface area (TPSA) is 46.3 Å². The number of halogens is 2. The monoisotopic (exact) mass is 286 g/mol.